The lowest BCUT2D eigenvalue weighted by Crippen LogP contribution is -2.54. The van der Waals surface area contributed by atoms with Gasteiger partial charge in [-0.3, -0.25) is 29.6 Å². The minimum Gasteiger partial charge on any atom is -0.493 e. The average molecular weight is 1280 g/mol. The van der Waals surface area contributed by atoms with Crippen LogP contribution < -0.4 is 9.47 Å². The van der Waals surface area contributed by atoms with Crippen molar-refractivity contribution in [2.75, 3.05) is 78.7 Å². The number of ether oxygens (including phenoxy) is 2. The number of piperazine rings is 2. The second-order valence-electron chi connectivity index (χ2n) is 26.1. The lowest BCUT2D eigenvalue weighted by molar-refractivity contribution is 0.118. The molecule has 0 spiro atoms. The summed E-state index contributed by atoms with van der Waals surface area (Å²) in [5.74, 6) is 2.62. The molecule has 472 valence electrons. The van der Waals surface area contributed by atoms with Crippen molar-refractivity contribution < 1.29 is 19.1 Å². The van der Waals surface area contributed by atoms with Crippen molar-refractivity contribution in [2.24, 2.45) is 9.98 Å². The van der Waals surface area contributed by atoms with Crippen LogP contribution in [0.2, 0.25) is 20.1 Å². The highest BCUT2D eigenvalue weighted by Crippen LogP contribution is 2.48. The molecule has 4 aliphatic rings. The molecular formula is C73H88Cl4N8O4. The largest absolute Gasteiger partial charge is 0.493 e. The number of urea groups is 2. The number of hydrogen-bond acceptors (Lipinski definition) is 8. The van der Waals surface area contributed by atoms with Crippen LogP contribution in [0.3, 0.4) is 0 Å². The standard InChI is InChI=1S/C73H88Cl4N8O4/c1-9-88-62-48-54(72(3,4)5)26-36-60(62)68-78-64(50-18-28-56(74)29-19-50)66(52-22-32-58(76)33-23-52)84(68)70(86)82-44-40-80(41-45-82)38-16-14-12-11-13-15-17-39-81-42-46-83(47-43-81)71(87)85-67(53-24-34-59(77)35-25-53)65(51-20-30-57(75)31-21-51)79-69(85)61-37-27-55(73(6,7)8)49-63(61)89-10-2/h18-37,48-49,64-67H,9-17,38-47H2,1-8H3. The third-order valence-electron chi connectivity index (χ3n) is 17.9. The number of amides is 4. The summed E-state index contributed by atoms with van der Waals surface area (Å²) in [7, 11) is 0. The molecule has 2 saturated heterocycles. The fourth-order valence-electron chi connectivity index (χ4n) is 12.8. The molecule has 4 amide bonds. The number of aliphatic imine (C=N–C) groups is 2. The van der Waals surface area contributed by atoms with Gasteiger partial charge in [0.25, 0.3) is 0 Å². The first-order valence-corrected chi connectivity index (χ1v) is 33.6. The predicted octanol–water partition coefficient (Wildman–Crippen LogP) is 17.7. The third kappa shape index (κ3) is 15.8. The van der Waals surface area contributed by atoms with Gasteiger partial charge in [0.2, 0.25) is 0 Å². The summed E-state index contributed by atoms with van der Waals surface area (Å²) in [4.78, 5) is 54.4. The number of rotatable bonds is 20. The fourth-order valence-corrected chi connectivity index (χ4v) is 13.3. The van der Waals surface area contributed by atoms with Crippen molar-refractivity contribution >= 4 is 70.1 Å². The van der Waals surface area contributed by atoms with Gasteiger partial charge in [-0.05, 0) is 157 Å². The summed E-state index contributed by atoms with van der Waals surface area (Å²) in [6, 6.07) is 42.0. The van der Waals surface area contributed by atoms with Gasteiger partial charge >= 0.3 is 12.1 Å². The molecule has 0 N–H and O–H groups in total. The van der Waals surface area contributed by atoms with E-state index < -0.39 is 24.2 Å². The molecule has 4 atom stereocenters. The van der Waals surface area contributed by atoms with Gasteiger partial charge in [0.1, 0.15) is 35.3 Å². The quantitative estimate of drug-likeness (QED) is 0.0707. The molecule has 4 aliphatic heterocycles. The second kappa shape index (κ2) is 29.4. The molecule has 6 aromatic rings. The summed E-state index contributed by atoms with van der Waals surface area (Å²) in [6.07, 6.45) is 8.28. The van der Waals surface area contributed by atoms with Gasteiger partial charge in [-0.15, -0.1) is 0 Å². The van der Waals surface area contributed by atoms with Crippen molar-refractivity contribution in [3.63, 3.8) is 0 Å². The summed E-state index contributed by atoms with van der Waals surface area (Å²) < 4.78 is 12.7. The minimum atomic E-state index is -0.435. The molecule has 2 fully saturated rings. The maximum atomic E-state index is 15.3. The van der Waals surface area contributed by atoms with E-state index in [0.717, 1.165) is 96.6 Å². The Balaban J connectivity index is 0.709. The van der Waals surface area contributed by atoms with E-state index in [2.05, 4.69) is 87.7 Å². The minimum absolute atomic E-state index is 0.0647. The first-order valence-electron chi connectivity index (χ1n) is 32.1. The lowest BCUT2D eigenvalue weighted by Gasteiger charge is -2.39. The van der Waals surface area contributed by atoms with Crippen LogP contribution in [0.15, 0.2) is 143 Å². The highest BCUT2D eigenvalue weighted by Gasteiger charge is 2.47. The van der Waals surface area contributed by atoms with E-state index in [1.54, 1.807) is 0 Å². The van der Waals surface area contributed by atoms with E-state index >= 15 is 9.59 Å². The number of unbranched alkanes of at least 4 members (excludes halogenated alkanes) is 6. The smallest absolute Gasteiger partial charge is 0.326 e. The number of nitrogens with zero attached hydrogens (tertiary/aromatic N) is 8. The predicted molar refractivity (Wildman–Crippen MR) is 365 cm³/mol. The van der Waals surface area contributed by atoms with Crippen LogP contribution in [0.5, 0.6) is 11.5 Å². The number of halogens is 4. The van der Waals surface area contributed by atoms with Gasteiger partial charge in [0.15, 0.2) is 0 Å². The van der Waals surface area contributed by atoms with E-state index in [1.165, 1.54) is 32.1 Å². The zero-order chi connectivity index (χ0) is 63.0. The van der Waals surface area contributed by atoms with Gasteiger partial charge in [-0.1, -0.05) is 181 Å². The Morgan fingerprint density at radius 2 is 0.730 bits per heavy atom. The molecule has 0 saturated carbocycles. The Morgan fingerprint density at radius 1 is 0.427 bits per heavy atom. The van der Waals surface area contributed by atoms with E-state index in [-0.39, 0.29) is 22.9 Å². The van der Waals surface area contributed by atoms with Crippen LogP contribution in [0.4, 0.5) is 9.59 Å². The molecule has 12 nitrogen and oxygen atoms in total. The molecule has 0 aromatic heterocycles. The van der Waals surface area contributed by atoms with Crippen molar-refractivity contribution in [1.29, 1.82) is 0 Å². The van der Waals surface area contributed by atoms with E-state index in [1.807, 2.05) is 131 Å². The van der Waals surface area contributed by atoms with Crippen LogP contribution in [-0.2, 0) is 10.8 Å². The second-order valence-corrected chi connectivity index (χ2v) is 27.9. The van der Waals surface area contributed by atoms with Crippen LogP contribution in [0.25, 0.3) is 0 Å². The first-order chi connectivity index (χ1) is 42.8. The maximum Gasteiger partial charge on any atom is 0.326 e. The number of benzene rings is 6. The third-order valence-corrected chi connectivity index (χ3v) is 18.9. The number of hydrogen-bond donors (Lipinski definition) is 0. The zero-order valence-corrected chi connectivity index (χ0v) is 56.2. The maximum absolute atomic E-state index is 15.3. The Bertz CT molecular complexity index is 3200. The Kier molecular flexibility index (Phi) is 21.8. The first kappa shape index (κ1) is 65.8. The Labute approximate surface area is 548 Å². The number of carbonyl (C=O) groups is 2. The SMILES string of the molecule is CCOc1cc(C(C)(C)C)ccc1C1=NC(c2ccc(Cl)cc2)C(c2ccc(Cl)cc2)N1C(=O)N1CCN(CCCCCCCCCN2CCN(C(=O)N3C(c4ccc(C(C)(C)C)cc4OCC)=NC(c4ccc(Cl)cc4)C3c3ccc(Cl)cc3)CC2)CC1. The summed E-state index contributed by atoms with van der Waals surface area (Å²) in [5, 5.41) is 2.55. The van der Waals surface area contributed by atoms with Gasteiger partial charge in [-0.2, -0.15) is 0 Å². The van der Waals surface area contributed by atoms with Crippen LogP contribution in [-0.4, -0.2) is 132 Å². The molecule has 10 rings (SSSR count). The highest BCUT2D eigenvalue weighted by molar-refractivity contribution is 6.31. The molecule has 0 radical (unpaired) electrons. The number of amidine groups is 2. The van der Waals surface area contributed by atoms with E-state index in [4.69, 9.17) is 65.9 Å². The van der Waals surface area contributed by atoms with Crippen LogP contribution in [0.1, 0.15) is 169 Å². The molecule has 16 heteroatoms. The number of carbonyl (C=O) groups excluding carboxylic acids is 2. The molecule has 89 heavy (non-hydrogen) atoms. The van der Waals surface area contributed by atoms with Crippen LogP contribution in [0, 0.1) is 0 Å². The zero-order valence-electron chi connectivity index (χ0n) is 53.2. The molecule has 0 bridgehead atoms. The van der Waals surface area contributed by atoms with Gasteiger partial charge in [-0.25, -0.2) is 9.59 Å². The molecule has 4 unspecified atom stereocenters. The Morgan fingerprint density at radius 3 is 1.03 bits per heavy atom. The van der Waals surface area contributed by atoms with Crippen LogP contribution >= 0.6 is 46.4 Å². The van der Waals surface area contributed by atoms with E-state index in [0.29, 0.717) is 82.7 Å². The van der Waals surface area contributed by atoms with Crippen molar-refractivity contribution in [3.05, 3.63) is 198 Å². The van der Waals surface area contributed by atoms with E-state index in [9.17, 15) is 0 Å². The lowest BCUT2D eigenvalue weighted by atomic mass is 9.86. The fraction of sp³-hybridized carbons (Fsp3) is 0.452. The van der Waals surface area contributed by atoms with Gasteiger partial charge < -0.3 is 19.3 Å². The van der Waals surface area contributed by atoms with Gasteiger partial charge in [0.05, 0.1) is 36.4 Å². The normalized spacial score (nSPS) is 19.4. The van der Waals surface area contributed by atoms with Crippen molar-refractivity contribution in [2.45, 2.75) is 135 Å². The van der Waals surface area contributed by atoms with Gasteiger partial charge in [0, 0.05) is 72.4 Å². The highest BCUT2D eigenvalue weighted by atomic mass is 35.5. The molecular weight excluding hydrogens is 1190 g/mol. The average Bonchev–Trinajstić information content (AvgIpc) is 1.97. The topological polar surface area (TPSA) is 96.8 Å². The van der Waals surface area contributed by atoms with Crippen molar-refractivity contribution in [3.8, 4) is 11.5 Å². The summed E-state index contributed by atoms with van der Waals surface area (Å²) >= 11 is 25.8. The Hall–Kier alpha value is -6.12. The summed E-state index contributed by atoms with van der Waals surface area (Å²) in [6.45, 7) is 25.9. The molecule has 0 aliphatic carbocycles. The van der Waals surface area contributed by atoms with Crippen molar-refractivity contribution in [1.82, 2.24) is 29.4 Å². The summed E-state index contributed by atoms with van der Waals surface area (Å²) in [5.41, 5.74) is 7.49. The molecule has 4 heterocycles. The monoisotopic (exact) mass is 1280 g/mol. The molecule has 6 aromatic carbocycles.